The number of aliphatic carboxylic acids is 1. The average Bonchev–Trinajstić information content (AvgIpc) is 2.46. The zero-order valence-electron chi connectivity index (χ0n) is 12.0. The molecule has 0 saturated heterocycles. The summed E-state index contributed by atoms with van der Waals surface area (Å²) >= 11 is 0. The number of rotatable bonds is 3. The number of hydrogen-bond acceptors (Lipinski definition) is 2. The molecule has 0 radical (unpaired) electrons. The molecule has 4 nitrogen and oxygen atoms in total. The largest absolute Gasteiger partial charge is 0.481 e. The molecule has 1 amide bonds. The number of carboxylic acids is 1. The highest BCUT2D eigenvalue weighted by Crippen LogP contribution is 2.32. The van der Waals surface area contributed by atoms with E-state index in [0.29, 0.717) is 11.8 Å². The SMILES string of the molecule is CC1CCC(NC(=O)C(C(=O)O)C(C)(C)C)C1C. The smallest absolute Gasteiger partial charge is 0.316 e. The maximum atomic E-state index is 12.1. The van der Waals surface area contributed by atoms with Crippen LogP contribution in [0.5, 0.6) is 0 Å². The Morgan fingerprint density at radius 2 is 1.78 bits per heavy atom. The van der Waals surface area contributed by atoms with Crippen molar-refractivity contribution in [2.75, 3.05) is 0 Å². The van der Waals surface area contributed by atoms with Gasteiger partial charge < -0.3 is 10.4 Å². The summed E-state index contributed by atoms with van der Waals surface area (Å²) in [4.78, 5) is 23.4. The monoisotopic (exact) mass is 255 g/mol. The molecule has 0 aromatic carbocycles. The van der Waals surface area contributed by atoms with Gasteiger partial charge in [-0.1, -0.05) is 34.6 Å². The van der Waals surface area contributed by atoms with Crippen molar-refractivity contribution in [2.45, 2.75) is 53.5 Å². The minimum absolute atomic E-state index is 0.122. The van der Waals surface area contributed by atoms with Gasteiger partial charge in [0.2, 0.25) is 5.91 Å². The van der Waals surface area contributed by atoms with Crippen LogP contribution in [0.1, 0.15) is 47.5 Å². The van der Waals surface area contributed by atoms with Crippen LogP contribution < -0.4 is 5.32 Å². The Balaban J connectivity index is 2.72. The third-order valence-corrected chi connectivity index (χ3v) is 4.17. The summed E-state index contributed by atoms with van der Waals surface area (Å²) in [6.45, 7) is 9.65. The Hall–Kier alpha value is -1.06. The van der Waals surface area contributed by atoms with Gasteiger partial charge in [0.05, 0.1) is 0 Å². The Morgan fingerprint density at radius 3 is 2.11 bits per heavy atom. The lowest BCUT2D eigenvalue weighted by Crippen LogP contribution is -2.47. The number of hydrogen-bond donors (Lipinski definition) is 2. The van der Waals surface area contributed by atoms with Gasteiger partial charge in [-0.15, -0.1) is 0 Å². The van der Waals surface area contributed by atoms with E-state index >= 15 is 0 Å². The molecule has 0 spiro atoms. The van der Waals surface area contributed by atoms with Gasteiger partial charge in [-0.2, -0.15) is 0 Å². The lowest BCUT2D eigenvalue weighted by atomic mass is 9.80. The summed E-state index contributed by atoms with van der Waals surface area (Å²) in [6.07, 6.45) is 2.05. The molecular formula is C14H25NO3. The maximum Gasteiger partial charge on any atom is 0.316 e. The van der Waals surface area contributed by atoms with E-state index in [1.807, 2.05) is 0 Å². The fraction of sp³-hybridized carbons (Fsp3) is 0.857. The number of nitrogens with one attached hydrogen (secondary N) is 1. The van der Waals surface area contributed by atoms with Gasteiger partial charge in [0, 0.05) is 6.04 Å². The van der Waals surface area contributed by atoms with Crippen molar-refractivity contribution in [1.82, 2.24) is 5.32 Å². The van der Waals surface area contributed by atoms with Gasteiger partial charge in [-0.3, -0.25) is 9.59 Å². The Bertz CT molecular complexity index is 332. The molecule has 2 N–H and O–H groups in total. The first-order chi connectivity index (χ1) is 8.14. The van der Waals surface area contributed by atoms with Crippen LogP contribution in [0.25, 0.3) is 0 Å². The molecule has 18 heavy (non-hydrogen) atoms. The van der Waals surface area contributed by atoms with Crippen LogP contribution in [0.15, 0.2) is 0 Å². The predicted molar refractivity (Wildman–Crippen MR) is 70.1 cm³/mol. The lowest BCUT2D eigenvalue weighted by molar-refractivity contribution is -0.151. The summed E-state index contributed by atoms with van der Waals surface area (Å²) in [5.41, 5.74) is -0.566. The second kappa shape index (κ2) is 5.29. The van der Waals surface area contributed by atoms with Crippen LogP contribution in [-0.2, 0) is 9.59 Å². The van der Waals surface area contributed by atoms with E-state index in [1.54, 1.807) is 20.8 Å². The van der Waals surface area contributed by atoms with Gasteiger partial charge in [-0.05, 0) is 30.1 Å². The van der Waals surface area contributed by atoms with E-state index in [4.69, 9.17) is 0 Å². The molecule has 1 aliphatic carbocycles. The van der Waals surface area contributed by atoms with Crippen LogP contribution in [-0.4, -0.2) is 23.0 Å². The maximum absolute atomic E-state index is 12.1. The molecule has 4 unspecified atom stereocenters. The predicted octanol–water partition coefficient (Wildman–Crippen LogP) is 2.28. The standard InChI is InChI=1S/C14H25NO3/c1-8-6-7-10(9(8)2)15-12(16)11(13(17)18)14(3,4)5/h8-11H,6-7H2,1-5H3,(H,15,16)(H,17,18). The van der Waals surface area contributed by atoms with Crippen LogP contribution in [0, 0.1) is 23.2 Å². The normalized spacial score (nSPS) is 29.9. The molecule has 0 heterocycles. The molecular weight excluding hydrogens is 230 g/mol. The van der Waals surface area contributed by atoms with Crippen molar-refractivity contribution in [1.29, 1.82) is 0 Å². The van der Waals surface area contributed by atoms with Gasteiger partial charge in [0.25, 0.3) is 0 Å². The topological polar surface area (TPSA) is 66.4 Å². The van der Waals surface area contributed by atoms with Crippen molar-refractivity contribution < 1.29 is 14.7 Å². The Kier molecular flexibility index (Phi) is 4.41. The minimum Gasteiger partial charge on any atom is -0.481 e. The van der Waals surface area contributed by atoms with Gasteiger partial charge in [0.15, 0.2) is 0 Å². The van der Waals surface area contributed by atoms with Gasteiger partial charge >= 0.3 is 5.97 Å². The number of carboxylic acid groups (broad SMARTS) is 1. The first-order valence-electron chi connectivity index (χ1n) is 6.67. The molecule has 1 rings (SSSR count). The zero-order chi connectivity index (χ0) is 14.1. The second-order valence-electron chi connectivity index (χ2n) is 6.67. The lowest BCUT2D eigenvalue weighted by Gasteiger charge is -2.28. The van der Waals surface area contributed by atoms with E-state index < -0.39 is 17.3 Å². The first-order valence-corrected chi connectivity index (χ1v) is 6.67. The van der Waals surface area contributed by atoms with E-state index in [2.05, 4.69) is 19.2 Å². The molecule has 0 aliphatic heterocycles. The molecule has 4 heteroatoms. The highest BCUT2D eigenvalue weighted by molar-refractivity contribution is 5.97. The molecule has 4 atom stereocenters. The van der Waals surface area contributed by atoms with Crippen LogP contribution in [0.4, 0.5) is 0 Å². The van der Waals surface area contributed by atoms with Gasteiger partial charge in [0.1, 0.15) is 5.92 Å². The summed E-state index contributed by atoms with van der Waals surface area (Å²) in [5, 5.41) is 12.1. The van der Waals surface area contributed by atoms with Crippen molar-refractivity contribution >= 4 is 11.9 Å². The van der Waals surface area contributed by atoms with E-state index in [0.717, 1.165) is 12.8 Å². The Morgan fingerprint density at radius 1 is 1.22 bits per heavy atom. The zero-order valence-corrected chi connectivity index (χ0v) is 12.0. The van der Waals surface area contributed by atoms with Crippen molar-refractivity contribution in [3.63, 3.8) is 0 Å². The number of amides is 1. The molecule has 0 aromatic heterocycles. The second-order valence-corrected chi connectivity index (χ2v) is 6.67. The van der Waals surface area contributed by atoms with Gasteiger partial charge in [-0.25, -0.2) is 0 Å². The number of carbonyl (C=O) groups is 2. The van der Waals surface area contributed by atoms with Crippen LogP contribution >= 0.6 is 0 Å². The number of carbonyl (C=O) groups excluding carboxylic acids is 1. The fourth-order valence-electron chi connectivity index (χ4n) is 2.71. The molecule has 1 saturated carbocycles. The molecule has 0 aromatic rings. The third kappa shape index (κ3) is 3.24. The third-order valence-electron chi connectivity index (χ3n) is 4.17. The highest BCUT2D eigenvalue weighted by Gasteiger charge is 2.40. The van der Waals surface area contributed by atoms with Crippen LogP contribution in [0.2, 0.25) is 0 Å². The molecule has 1 aliphatic rings. The quantitative estimate of drug-likeness (QED) is 0.760. The van der Waals surface area contributed by atoms with Crippen molar-refractivity contribution in [3.05, 3.63) is 0 Å². The summed E-state index contributed by atoms with van der Waals surface area (Å²) < 4.78 is 0. The summed E-state index contributed by atoms with van der Waals surface area (Å²) in [6, 6.07) is 0.122. The average molecular weight is 255 g/mol. The molecule has 1 fully saturated rings. The Labute approximate surface area is 109 Å². The minimum atomic E-state index is -1.04. The summed E-state index contributed by atoms with van der Waals surface area (Å²) in [7, 11) is 0. The highest BCUT2D eigenvalue weighted by atomic mass is 16.4. The summed E-state index contributed by atoms with van der Waals surface area (Å²) in [5.74, 6) is -1.36. The van der Waals surface area contributed by atoms with E-state index in [-0.39, 0.29) is 11.9 Å². The molecule has 0 bridgehead atoms. The molecule has 104 valence electrons. The van der Waals surface area contributed by atoms with Crippen molar-refractivity contribution in [2.24, 2.45) is 23.2 Å². The van der Waals surface area contributed by atoms with Crippen molar-refractivity contribution in [3.8, 4) is 0 Å². The fourth-order valence-corrected chi connectivity index (χ4v) is 2.71. The van der Waals surface area contributed by atoms with E-state index in [9.17, 15) is 14.7 Å². The van der Waals surface area contributed by atoms with E-state index in [1.165, 1.54) is 0 Å². The first kappa shape index (κ1) is 15.0. The van der Waals surface area contributed by atoms with Crippen LogP contribution in [0.3, 0.4) is 0 Å².